The molecule has 2 heterocycles. The lowest BCUT2D eigenvalue weighted by atomic mass is 9.76. The first-order valence-electron chi connectivity index (χ1n) is 8.09. The second-order valence-corrected chi connectivity index (χ2v) is 6.95. The molecule has 7 heteroatoms. The Hall–Kier alpha value is -2.54. The van der Waals surface area contributed by atoms with Crippen LogP contribution in [-0.4, -0.2) is 27.1 Å². The van der Waals surface area contributed by atoms with Crippen LogP contribution in [0.4, 0.5) is 5.82 Å². The summed E-state index contributed by atoms with van der Waals surface area (Å²) in [6, 6.07) is 6.72. The lowest BCUT2D eigenvalue weighted by molar-refractivity contribution is -0.116. The van der Waals surface area contributed by atoms with E-state index in [1.807, 2.05) is 12.3 Å². The van der Waals surface area contributed by atoms with Crippen molar-refractivity contribution in [3.05, 3.63) is 57.0 Å². The molecule has 0 saturated carbocycles. The summed E-state index contributed by atoms with van der Waals surface area (Å²) in [4.78, 5) is 32.7. The number of H-pyrrole nitrogens is 1. The van der Waals surface area contributed by atoms with Crippen LogP contribution in [0.5, 0.6) is 5.75 Å². The number of hydrogen-bond donors (Lipinski definition) is 3. The van der Waals surface area contributed by atoms with Crippen molar-refractivity contribution < 1.29 is 9.90 Å². The van der Waals surface area contributed by atoms with Gasteiger partial charge in [0, 0.05) is 23.6 Å². The number of aromatic nitrogens is 2. The summed E-state index contributed by atoms with van der Waals surface area (Å²) in [6.45, 7) is 0. The number of Topliss-reactive ketones (excluding diaryl/α,β-unsaturated/α-hetero) is 1. The van der Waals surface area contributed by atoms with E-state index in [4.69, 9.17) is 0 Å². The van der Waals surface area contributed by atoms with Gasteiger partial charge in [-0.05, 0) is 36.8 Å². The number of phenolic OH excluding ortho intramolecular Hbond substituents is 1. The summed E-state index contributed by atoms with van der Waals surface area (Å²) in [7, 11) is 0. The number of rotatable bonds is 2. The van der Waals surface area contributed by atoms with Crippen LogP contribution < -0.4 is 10.9 Å². The van der Waals surface area contributed by atoms with E-state index in [9.17, 15) is 14.7 Å². The number of carbonyl (C=O) groups is 1. The minimum atomic E-state index is -0.515. The molecule has 1 atom stereocenters. The van der Waals surface area contributed by atoms with Gasteiger partial charge in [0.1, 0.15) is 11.6 Å². The molecule has 0 spiro atoms. The van der Waals surface area contributed by atoms with Gasteiger partial charge >= 0.3 is 0 Å². The Morgan fingerprint density at radius 3 is 2.88 bits per heavy atom. The first kappa shape index (κ1) is 16.0. The highest BCUT2D eigenvalue weighted by Crippen LogP contribution is 2.43. The summed E-state index contributed by atoms with van der Waals surface area (Å²) < 4.78 is 0. The van der Waals surface area contributed by atoms with E-state index in [2.05, 4.69) is 15.3 Å². The molecule has 1 aliphatic carbocycles. The van der Waals surface area contributed by atoms with Crippen molar-refractivity contribution in [3.8, 4) is 5.75 Å². The average molecular weight is 355 g/mol. The number of fused-ring (bicyclic) bond motifs is 1. The SMILES string of the molecule is CSc1nc2c(c(=O)[nH]1)[C@H](c1cccc(O)c1)C1=C(CCCC1=O)N2. The number of allylic oxidation sites excluding steroid dienone is 2. The first-order valence-corrected chi connectivity index (χ1v) is 9.31. The van der Waals surface area contributed by atoms with Crippen molar-refractivity contribution in [2.75, 3.05) is 11.6 Å². The normalized spacial score (nSPS) is 19.2. The number of phenols is 1. The van der Waals surface area contributed by atoms with Gasteiger partial charge in [-0.1, -0.05) is 23.9 Å². The molecule has 0 fully saturated rings. The van der Waals surface area contributed by atoms with Crippen molar-refractivity contribution in [3.63, 3.8) is 0 Å². The molecule has 128 valence electrons. The molecular formula is C18H17N3O3S. The van der Waals surface area contributed by atoms with Crippen LogP contribution >= 0.6 is 11.8 Å². The predicted octanol–water partition coefficient (Wildman–Crippen LogP) is 2.76. The van der Waals surface area contributed by atoms with Gasteiger partial charge in [0.15, 0.2) is 10.9 Å². The van der Waals surface area contributed by atoms with Crippen LogP contribution in [0, 0.1) is 0 Å². The van der Waals surface area contributed by atoms with Crippen molar-refractivity contribution in [1.82, 2.24) is 9.97 Å². The fourth-order valence-electron chi connectivity index (χ4n) is 3.57. The maximum absolute atomic E-state index is 12.7. The minimum absolute atomic E-state index is 0.0427. The summed E-state index contributed by atoms with van der Waals surface area (Å²) in [5.74, 6) is 0.127. The topological polar surface area (TPSA) is 95.1 Å². The molecule has 1 aliphatic heterocycles. The van der Waals surface area contributed by atoms with Crippen LogP contribution in [0.1, 0.15) is 36.3 Å². The maximum Gasteiger partial charge on any atom is 0.257 e. The molecule has 0 radical (unpaired) electrons. The number of benzene rings is 1. The van der Waals surface area contributed by atoms with Gasteiger partial charge in [-0.25, -0.2) is 4.98 Å². The summed E-state index contributed by atoms with van der Waals surface area (Å²) in [6.07, 6.45) is 3.85. The number of aromatic hydroxyl groups is 1. The standard InChI is InChI=1S/C18H17N3O3S/c1-25-18-20-16-15(17(24)21-18)13(9-4-2-5-10(22)8-9)14-11(19-16)6-3-7-12(14)23/h2,4-5,8,13,22H,3,6-7H2,1H3,(H2,19,20,21,24)/t13-/m1/s1. The molecule has 25 heavy (non-hydrogen) atoms. The Balaban J connectivity index is 2.00. The minimum Gasteiger partial charge on any atom is -0.508 e. The maximum atomic E-state index is 12.7. The monoisotopic (exact) mass is 355 g/mol. The molecule has 2 aromatic rings. The number of anilines is 1. The van der Waals surface area contributed by atoms with E-state index in [0.717, 1.165) is 24.1 Å². The zero-order valence-corrected chi connectivity index (χ0v) is 14.4. The predicted molar refractivity (Wildman–Crippen MR) is 96.1 cm³/mol. The Labute approximate surface area is 148 Å². The number of hydrogen-bond acceptors (Lipinski definition) is 6. The van der Waals surface area contributed by atoms with Gasteiger partial charge in [0.2, 0.25) is 0 Å². The molecule has 4 rings (SSSR count). The average Bonchev–Trinajstić information content (AvgIpc) is 2.60. The van der Waals surface area contributed by atoms with Crippen molar-refractivity contribution in [2.24, 2.45) is 0 Å². The number of aromatic amines is 1. The smallest absolute Gasteiger partial charge is 0.257 e. The fraction of sp³-hybridized carbons (Fsp3) is 0.278. The van der Waals surface area contributed by atoms with Gasteiger partial charge in [-0.2, -0.15) is 0 Å². The zero-order valence-electron chi connectivity index (χ0n) is 13.6. The molecule has 2 aliphatic rings. The third-order valence-corrected chi connectivity index (χ3v) is 5.21. The lowest BCUT2D eigenvalue weighted by Gasteiger charge is -2.32. The number of ketones is 1. The molecule has 3 N–H and O–H groups in total. The van der Waals surface area contributed by atoms with Crippen molar-refractivity contribution in [2.45, 2.75) is 30.3 Å². The van der Waals surface area contributed by atoms with Crippen LogP contribution in [0.25, 0.3) is 0 Å². The Kier molecular flexibility index (Phi) is 3.88. The highest BCUT2D eigenvalue weighted by Gasteiger charge is 2.37. The fourth-order valence-corrected chi connectivity index (χ4v) is 3.95. The number of thioether (sulfide) groups is 1. The third-order valence-electron chi connectivity index (χ3n) is 4.63. The van der Waals surface area contributed by atoms with E-state index >= 15 is 0 Å². The summed E-state index contributed by atoms with van der Waals surface area (Å²) in [5.41, 5.74) is 2.34. The van der Waals surface area contributed by atoms with Crippen LogP contribution in [0.3, 0.4) is 0 Å². The third kappa shape index (κ3) is 2.64. The van der Waals surface area contributed by atoms with Crippen LogP contribution in [-0.2, 0) is 4.79 Å². The lowest BCUT2D eigenvalue weighted by Crippen LogP contribution is -2.32. The highest BCUT2D eigenvalue weighted by molar-refractivity contribution is 7.98. The van der Waals surface area contributed by atoms with Gasteiger partial charge < -0.3 is 15.4 Å². The molecular weight excluding hydrogens is 338 g/mol. The molecule has 0 amide bonds. The van der Waals surface area contributed by atoms with Crippen LogP contribution in [0.2, 0.25) is 0 Å². The van der Waals surface area contributed by atoms with E-state index in [1.165, 1.54) is 11.8 Å². The Morgan fingerprint density at radius 1 is 1.28 bits per heavy atom. The molecule has 0 saturated heterocycles. The molecule has 0 bridgehead atoms. The van der Waals surface area contributed by atoms with Crippen molar-refractivity contribution >= 4 is 23.4 Å². The van der Waals surface area contributed by atoms with E-state index in [1.54, 1.807) is 18.2 Å². The van der Waals surface area contributed by atoms with Crippen molar-refractivity contribution in [1.29, 1.82) is 0 Å². The Morgan fingerprint density at radius 2 is 2.12 bits per heavy atom. The second kappa shape index (κ2) is 6.07. The first-order chi connectivity index (χ1) is 12.1. The molecule has 6 nitrogen and oxygen atoms in total. The van der Waals surface area contributed by atoms with Gasteiger partial charge in [-0.3, -0.25) is 9.59 Å². The summed E-state index contributed by atoms with van der Waals surface area (Å²) >= 11 is 1.36. The molecule has 1 aromatic heterocycles. The van der Waals surface area contributed by atoms with Crippen LogP contribution in [0.15, 0.2) is 45.5 Å². The van der Waals surface area contributed by atoms with Gasteiger partial charge in [0.05, 0.1) is 5.56 Å². The number of carbonyl (C=O) groups excluding carboxylic acids is 1. The largest absolute Gasteiger partial charge is 0.508 e. The van der Waals surface area contributed by atoms with E-state index in [-0.39, 0.29) is 17.1 Å². The summed E-state index contributed by atoms with van der Waals surface area (Å²) in [5, 5.41) is 13.6. The number of nitrogens with zero attached hydrogens (tertiary/aromatic N) is 1. The highest BCUT2D eigenvalue weighted by atomic mass is 32.2. The second-order valence-electron chi connectivity index (χ2n) is 6.16. The quantitative estimate of drug-likeness (QED) is 0.566. The van der Waals surface area contributed by atoms with E-state index in [0.29, 0.717) is 28.5 Å². The zero-order chi connectivity index (χ0) is 17.6. The van der Waals surface area contributed by atoms with Gasteiger partial charge in [0.25, 0.3) is 5.56 Å². The Bertz CT molecular complexity index is 964. The van der Waals surface area contributed by atoms with Gasteiger partial charge in [-0.15, -0.1) is 0 Å². The number of nitrogens with one attached hydrogen (secondary N) is 2. The molecule has 1 aromatic carbocycles. The molecule has 0 unspecified atom stereocenters. The van der Waals surface area contributed by atoms with E-state index < -0.39 is 5.92 Å².